The number of aliphatic hydroxyl groups excluding tert-OH is 1. The van der Waals surface area contributed by atoms with Crippen LogP contribution >= 0.6 is 0 Å². The second-order valence-electron chi connectivity index (χ2n) is 5.82. The third-order valence-electron chi connectivity index (χ3n) is 3.93. The van der Waals surface area contributed by atoms with E-state index >= 15 is 0 Å². The summed E-state index contributed by atoms with van der Waals surface area (Å²) >= 11 is 0. The van der Waals surface area contributed by atoms with Gasteiger partial charge in [0.25, 0.3) is 0 Å². The largest absolute Gasteiger partial charge is 0.492 e. The van der Waals surface area contributed by atoms with Crippen molar-refractivity contribution in [2.75, 3.05) is 6.61 Å². The topological polar surface area (TPSA) is 82.1 Å². The average Bonchev–Trinajstić information content (AvgIpc) is 2.55. The minimum absolute atomic E-state index is 0.251. The number of hydrogen-bond donors (Lipinski definition) is 1. The smallest absolute Gasteiger partial charge is 0.308 e. The molecule has 0 fully saturated rings. The van der Waals surface area contributed by atoms with E-state index in [1.807, 2.05) is 0 Å². The van der Waals surface area contributed by atoms with Crippen LogP contribution < -0.4 is 14.2 Å². The number of carbonyl (C=O) groups excluding carboxylic acids is 2. The van der Waals surface area contributed by atoms with Crippen molar-refractivity contribution in [1.29, 1.82) is 0 Å². The van der Waals surface area contributed by atoms with Crippen LogP contribution in [-0.4, -0.2) is 23.7 Å². The summed E-state index contributed by atoms with van der Waals surface area (Å²) in [5.41, 5.74) is 1.51. The zero-order valence-electron chi connectivity index (χ0n) is 13.9. The Hall–Kier alpha value is -2.86. The van der Waals surface area contributed by atoms with E-state index in [-0.39, 0.29) is 18.5 Å². The second kappa shape index (κ2) is 6.94. The fraction of sp³-hybridized carbons (Fsp3) is 0.263. The van der Waals surface area contributed by atoms with Crippen LogP contribution in [0.15, 0.2) is 42.5 Å². The molecule has 6 nitrogen and oxygen atoms in total. The quantitative estimate of drug-likeness (QED) is 0.682. The van der Waals surface area contributed by atoms with Crippen molar-refractivity contribution in [2.45, 2.75) is 25.9 Å². The molecule has 0 aliphatic carbocycles. The molecule has 0 amide bonds. The van der Waals surface area contributed by atoms with Gasteiger partial charge in [-0.3, -0.25) is 9.59 Å². The highest BCUT2D eigenvalue weighted by molar-refractivity contribution is 5.70. The monoisotopic (exact) mass is 342 g/mol. The van der Waals surface area contributed by atoms with Crippen molar-refractivity contribution < 1.29 is 28.9 Å². The van der Waals surface area contributed by atoms with Crippen molar-refractivity contribution in [3.05, 3.63) is 53.6 Å². The van der Waals surface area contributed by atoms with Crippen molar-refractivity contribution in [3.63, 3.8) is 0 Å². The lowest BCUT2D eigenvalue weighted by molar-refractivity contribution is -0.132. The van der Waals surface area contributed by atoms with Crippen LogP contribution in [0.4, 0.5) is 0 Å². The van der Waals surface area contributed by atoms with E-state index < -0.39 is 12.1 Å². The number of fused-ring (bicyclic) bond motifs is 1. The maximum absolute atomic E-state index is 11.0. The Bertz CT molecular complexity index is 796. The first kappa shape index (κ1) is 17.0. The van der Waals surface area contributed by atoms with Gasteiger partial charge in [-0.15, -0.1) is 0 Å². The van der Waals surface area contributed by atoms with Crippen LogP contribution in [0.5, 0.6) is 17.2 Å². The minimum atomic E-state index is -0.755. The van der Waals surface area contributed by atoms with E-state index in [1.54, 1.807) is 42.5 Å². The molecule has 2 atom stereocenters. The summed E-state index contributed by atoms with van der Waals surface area (Å²) in [7, 11) is 0. The molecule has 1 N–H and O–H groups in total. The molecule has 1 aliphatic rings. The van der Waals surface area contributed by atoms with Gasteiger partial charge in [0.1, 0.15) is 17.2 Å². The lowest BCUT2D eigenvalue weighted by Crippen LogP contribution is -2.24. The van der Waals surface area contributed by atoms with E-state index in [0.717, 1.165) is 5.56 Å². The normalized spacial score (nSPS) is 18.7. The van der Waals surface area contributed by atoms with Crippen LogP contribution in [0.25, 0.3) is 0 Å². The molecule has 6 heteroatoms. The molecule has 0 bridgehead atoms. The Morgan fingerprint density at radius 3 is 2.24 bits per heavy atom. The zero-order valence-corrected chi connectivity index (χ0v) is 13.9. The van der Waals surface area contributed by atoms with Crippen LogP contribution in [0.2, 0.25) is 0 Å². The fourth-order valence-corrected chi connectivity index (χ4v) is 2.83. The Morgan fingerprint density at radius 1 is 1.00 bits per heavy atom. The molecule has 3 rings (SSSR count). The molecule has 1 aliphatic heterocycles. The third kappa shape index (κ3) is 3.80. The van der Waals surface area contributed by atoms with Crippen LogP contribution in [0.1, 0.15) is 37.0 Å². The van der Waals surface area contributed by atoms with Crippen molar-refractivity contribution >= 4 is 11.9 Å². The molecule has 2 aromatic carbocycles. The summed E-state index contributed by atoms with van der Waals surface area (Å²) in [6.45, 7) is 2.95. The highest BCUT2D eigenvalue weighted by atomic mass is 16.5. The predicted molar refractivity (Wildman–Crippen MR) is 88.7 cm³/mol. The van der Waals surface area contributed by atoms with Gasteiger partial charge in [-0.2, -0.15) is 0 Å². The molecular weight excluding hydrogens is 324 g/mol. The predicted octanol–water partition coefficient (Wildman–Crippen LogP) is 2.75. The zero-order chi connectivity index (χ0) is 18.0. The summed E-state index contributed by atoms with van der Waals surface area (Å²) in [6, 6.07) is 11.9. The second-order valence-corrected chi connectivity index (χ2v) is 5.82. The molecule has 0 saturated heterocycles. The van der Waals surface area contributed by atoms with Crippen LogP contribution in [0, 0.1) is 0 Å². The molecule has 0 spiro atoms. The lowest BCUT2D eigenvalue weighted by Gasteiger charge is -2.30. The number of ether oxygens (including phenoxy) is 3. The Balaban J connectivity index is 1.80. The van der Waals surface area contributed by atoms with Crippen molar-refractivity contribution in [1.82, 2.24) is 0 Å². The lowest BCUT2D eigenvalue weighted by atomic mass is 9.87. The van der Waals surface area contributed by atoms with Crippen molar-refractivity contribution in [3.8, 4) is 17.2 Å². The van der Waals surface area contributed by atoms with Crippen molar-refractivity contribution in [2.24, 2.45) is 0 Å². The Morgan fingerprint density at radius 2 is 1.60 bits per heavy atom. The average molecular weight is 342 g/mol. The number of aliphatic hydroxyl groups is 1. The third-order valence-corrected chi connectivity index (χ3v) is 3.93. The summed E-state index contributed by atoms with van der Waals surface area (Å²) < 4.78 is 15.8. The summed E-state index contributed by atoms with van der Waals surface area (Å²) in [5.74, 6) is 0.280. The Kier molecular flexibility index (Phi) is 4.72. The standard InChI is InChI=1S/C19H18O6/c1-11(20)24-14-5-3-13(4-6-14)17-10-23-18-9-15(25-12(2)21)7-8-16(18)19(17)22/h3-9,17,19,22H,10H2,1-2H3/t17-,19+/m1/s1. The number of rotatable bonds is 3. The van der Waals surface area contributed by atoms with Gasteiger partial charge < -0.3 is 19.3 Å². The molecule has 1 heterocycles. The van der Waals surface area contributed by atoms with Gasteiger partial charge in [-0.05, 0) is 29.8 Å². The van der Waals surface area contributed by atoms with Gasteiger partial charge in [-0.1, -0.05) is 12.1 Å². The fourth-order valence-electron chi connectivity index (χ4n) is 2.83. The van der Waals surface area contributed by atoms with Gasteiger partial charge in [0, 0.05) is 31.4 Å². The van der Waals surface area contributed by atoms with Gasteiger partial charge >= 0.3 is 11.9 Å². The van der Waals surface area contributed by atoms with Gasteiger partial charge in [-0.25, -0.2) is 0 Å². The summed E-state index contributed by atoms with van der Waals surface area (Å²) in [6.07, 6.45) is -0.755. The van der Waals surface area contributed by atoms with E-state index in [1.165, 1.54) is 13.8 Å². The van der Waals surface area contributed by atoms with Gasteiger partial charge in [0.2, 0.25) is 0 Å². The Labute approximate surface area is 144 Å². The van der Waals surface area contributed by atoms with E-state index in [9.17, 15) is 14.7 Å². The molecule has 0 unspecified atom stereocenters. The van der Waals surface area contributed by atoms with E-state index in [4.69, 9.17) is 14.2 Å². The van der Waals surface area contributed by atoms with Crippen LogP contribution in [0.3, 0.4) is 0 Å². The molecule has 130 valence electrons. The van der Waals surface area contributed by atoms with Gasteiger partial charge in [0.05, 0.1) is 12.7 Å². The number of hydrogen-bond acceptors (Lipinski definition) is 6. The van der Waals surface area contributed by atoms with Crippen LogP contribution in [-0.2, 0) is 9.59 Å². The maximum Gasteiger partial charge on any atom is 0.308 e. The number of carbonyl (C=O) groups is 2. The first-order chi connectivity index (χ1) is 11.9. The summed E-state index contributed by atoms with van der Waals surface area (Å²) in [4.78, 5) is 22.0. The summed E-state index contributed by atoms with van der Waals surface area (Å²) in [5, 5.41) is 10.7. The molecule has 0 aromatic heterocycles. The maximum atomic E-state index is 11.0. The number of esters is 2. The first-order valence-corrected chi connectivity index (χ1v) is 7.85. The molecule has 25 heavy (non-hydrogen) atoms. The molecular formula is C19H18O6. The molecule has 2 aromatic rings. The minimum Gasteiger partial charge on any atom is -0.492 e. The van der Waals surface area contributed by atoms with Gasteiger partial charge in [0.15, 0.2) is 0 Å². The molecule has 0 radical (unpaired) electrons. The highest BCUT2D eigenvalue weighted by Gasteiger charge is 2.31. The highest BCUT2D eigenvalue weighted by Crippen LogP contribution is 2.42. The number of benzene rings is 2. The van der Waals surface area contributed by atoms with E-state index in [2.05, 4.69) is 0 Å². The first-order valence-electron chi connectivity index (χ1n) is 7.85. The molecule has 0 saturated carbocycles. The van der Waals surface area contributed by atoms with E-state index in [0.29, 0.717) is 22.8 Å². The SMILES string of the molecule is CC(=O)Oc1ccc([C@H]2COc3cc(OC(C)=O)ccc3[C@@H]2O)cc1.